The first-order chi connectivity index (χ1) is 9.61. The van der Waals surface area contributed by atoms with E-state index < -0.39 is 6.10 Å². The molecule has 1 unspecified atom stereocenters. The standard InChI is InChI=1S/C15H13FINO2/c1-20-14(10-5-3-2-4-6-10)15(19)18-13-8-7-11(16)9-12(13)17/h2-9,14H,1H3,(H,18,19). The summed E-state index contributed by atoms with van der Waals surface area (Å²) in [4.78, 5) is 12.2. The van der Waals surface area contributed by atoms with Gasteiger partial charge in [0.15, 0.2) is 6.10 Å². The number of anilines is 1. The van der Waals surface area contributed by atoms with Gasteiger partial charge in [-0.3, -0.25) is 4.79 Å². The molecule has 5 heteroatoms. The van der Waals surface area contributed by atoms with Gasteiger partial charge in [0, 0.05) is 10.7 Å². The number of amides is 1. The Labute approximate surface area is 130 Å². The summed E-state index contributed by atoms with van der Waals surface area (Å²) in [6.45, 7) is 0. The Morgan fingerprint density at radius 3 is 2.55 bits per heavy atom. The fraction of sp³-hybridized carbons (Fsp3) is 0.133. The van der Waals surface area contributed by atoms with Crippen molar-refractivity contribution in [2.75, 3.05) is 12.4 Å². The van der Waals surface area contributed by atoms with Crippen LogP contribution in [0.5, 0.6) is 0 Å². The normalized spacial score (nSPS) is 11.9. The maximum absolute atomic E-state index is 13.0. The molecule has 0 aliphatic carbocycles. The fourth-order valence-electron chi connectivity index (χ4n) is 1.81. The second kappa shape index (κ2) is 6.81. The maximum atomic E-state index is 13.0. The monoisotopic (exact) mass is 385 g/mol. The van der Waals surface area contributed by atoms with Crippen molar-refractivity contribution in [1.82, 2.24) is 0 Å². The minimum atomic E-state index is -0.697. The van der Waals surface area contributed by atoms with Crippen LogP contribution in [-0.4, -0.2) is 13.0 Å². The number of benzene rings is 2. The van der Waals surface area contributed by atoms with Crippen LogP contribution in [0.4, 0.5) is 10.1 Å². The summed E-state index contributed by atoms with van der Waals surface area (Å²) >= 11 is 1.97. The van der Waals surface area contributed by atoms with Crippen molar-refractivity contribution < 1.29 is 13.9 Å². The van der Waals surface area contributed by atoms with Gasteiger partial charge in [-0.05, 0) is 46.4 Å². The highest BCUT2D eigenvalue weighted by Crippen LogP contribution is 2.22. The van der Waals surface area contributed by atoms with E-state index in [1.54, 1.807) is 0 Å². The first kappa shape index (κ1) is 14.9. The average Bonchev–Trinajstić information content (AvgIpc) is 2.44. The van der Waals surface area contributed by atoms with Crippen LogP contribution in [0.15, 0.2) is 48.5 Å². The highest BCUT2D eigenvalue weighted by atomic mass is 127. The predicted molar refractivity (Wildman–Crippen MR) is 83.9 cm³/mol. The summed E-state index contributed by atoms with van der Waals surface area (Å²) in [7, 11) is 1.48. The van der Waals surface area contributed by atoms with Crippen molar-refractivity contribution in [3.8, 4) is 0 Å². The summed E-state index contributed by atoms with van der Waals surface area (Å²) in [6, 6.07) is 13.4. The Kier molecular flexibility index (Phi) is 5.08. The van der Waals surface area contributed by atoms with E-state index in [1.807, 2.05) is 52.9 Å². The molecule has 1 N–H and O–H groups in total. The molecule has 20 heavy (non-hydrogen) atoms. The van der Waals surface area contributed by atoms with Crippen LogP contribution in [0.25, 0.3) is 0 Å². The van der Waals surface area contributed by atoms with Gasteiger partial charge in [0.1, 0.15) is 5.82 Å². The smallest absolute Gasteiger partial charge is 0.258 e. The highest BCUT2D eigenvalue weighted by molar-refractivity contribution is 14.1. The molecule has 2 aromatic rings. The van der Waals surface area contributed by atoms with E-state index in [4.69, 9.17) is 4.74 Å². The van der Waals surface area contributed by atoms with Gasteiger partial charge in [-0.25, -0.2) is 4.39 Å². The van der Waals surface area contributed by atoms with Crippen molar-refractivity contribution in [1.29, 1.82) is 0 Å². The number of hydrogen-bond donors (Lipinski definition) is 1. The fourth-order valence-corrected chi connectivity index (χ4v) is 2.42. The molecule has 0 fully saturated rings. The molecule has 1 amide bonds. The molecule has 1 atom stereocenters. The van der Waals surface area contributed by atoms with Gasteiger partial charge in [0.25, 0.3) is 5.91 Å². The molecule has 0 radical (unpaired) electrons. The molecule has 0 aromatic heterocycles. The van der Waals surface area contributed by atoms with Crippen LogP contribution in [-0.2, 0) is 9.53 Å². The maximum Gasteiger partial charge on any atom is 0.258 e. The van der Waals surface area contributed by atoms with E-state index in [1.165, 1.54) is 25.3 Å². The molecule has 0 saturated heterocycles. The highest BCUT2D eigenvalue weighted by Gasteiger charge is 2.20. The molecule has 0 aliphatic rings. The third-order valence-electron chi connectivity index (χ3n) is 2.77. The number of rotatable bonds is 4. The van der Waals surface area contributed by atoms with E-state index in [0.29, 0.717) is 9.26 Å². The largest absolute Gasteiger partial charge is 0.367 e. The summed E-state index contributed by atoms with van der Waals surface area (Å²) < 4.78 is 18.9. The molecular formula is C15H13FINO2. The number of halogens is 2. The summed E-state index contributed by atoms with van der Waals surface area (Å²) in [5.74, 6) is -0.623. The van der Waals surface area contributed by atoms with E-state index in [9.17, 15) is 9.18 Å². The molecule has 104 valence electrons. The molecular weight excluding hydrogens is 372 g/mol. The van der Waals surface area contributed by atoms with Gasteiger partial charge >= 0.3 is 0 Å². The van der Waals surface area contributed by atoms with E-state index >= 15 is 0 Å². The Morgan fingerprint density at radius 2 is 1.95 bits per heavy atom. The number of carbonyl (C=O) groups excluding carboxylic acids is 1. The molecule has 2 aromatic carbocycles. The van der Waals surface area contributed by atoms with Crippen molar-refractivity contribution in [3.05, 3.63) is 63.5 Å². The zero-order chi connectivity index (χ0) is 14.5. The first-order valence-corrected chi connectivity index (χ1v) is 7.03. The Balaban J connectivity index is 2.18. The molecule has 2 rings (SSSR count). The van der Waals surface area contributed by atoms with Crippen LogP contribution in [0.3, 0.4) is 0 Å². The lowest BCUT2D eigenvalue weighted by Gasteiger charge is -2.16. The second-order valence-electron chi connectivity index (χ2n) is 4.14. The quantitative estimate of drug-likeness (QED) is 0.815. The summed E-state index contributed by atoms with van der Waals surface area (Å²) in [6.07, 6.45) is -0.697. The number of nitrogens with one attached hydrogen (secondary N) is 1. The van der Waals surface area contributed by atoms with Crippen LogP contribution in [0, 0.1) is 9.39 Å². The van der Waals surface area contributed by atoms with Gasteiger partial charge in [-0.2, -0.15) is 0 Å². The molecule has 0 heterocycles. The minimum absolute atomic E-state index is 0.289. The van der Waals surface area contributed by atoms with Gasteiger partial charge in [-0.1, -0.05) is 30.3 Å². The minimum Gasteiger partial charge on any atom is -0.367 e. The zero-order valence-corrected chi connectivity index (χ0v) is 12.9. The zero-order valence-electron chi connectivity index (χ0n) is 10.8. The van der Waals surface area contributed by atoms with E-state index in [2.05, 4.69) is 5.32 Å². The lowest BCUT2D eigenvalue weighted by molar-refractivity contribution is -0.126. The van der Waals surface area contributed by atoms with Crippen LogP contribution >= 0.6 is 22.6 Å². The lowest BCUT2D eigenvalue weighted by atomic mass is 10.1. The molecule has 0 aliphatic heterocycles. The second-order valence-corrected chi connectivity index (χ2v) is 5.30. The first-order valence-electron chi connectivity index (χ1n) is 5.95. The van der Waals surface area contributed by atoms with Crippen molar-refractivity contribution in [2.45, 2.75) is 6.10 Å². The third kappa shape index (κ3) is 3.55. The number of methoxy groups -OCH3 is 1. The number of hydrogen-bond acceptors (Lipinski definition) is 2. The summed E-state index contributed by atoms with van der Waals surface area (Å²) in [5, 5.41) is 2.75. The Hall–Kier alpha value is -1.47. The molecule has 0 saturated carbocycles. The Bertz CT molecular complexity index is 604. The molecule has 0 bridgehead atoms. The van der Waals surface area contributed by atoms with E-state index in [-0.39, 0.29) is 11.7 Å². The third-order valence-corrected chi connectivity index (χ3v) is 3.66. The topological polar surface area (TPSA) is 38.3 Å². The molecule has 3 nitrogen and oxygen atoms in total. The van der Waals surface area contributed by atoms with Crippen molar-refractivity contribution in [2.24, 2.45) is 0 Å². The SMILES string of the molecule is COC(C(=O)Nc1ccc(F)cc1I)c1ccccc1. The van der Waals surface area contributed by atoms with Crippen LogP contribution < -0.4 is 5.32 Å². The number of ether oxygens (including phenoxy) is 1. The van der Waals surface area contributed by atoms with Gasteiger partial charge in [-0.15, -0.1) is 0 Å². The lowest BCUT2D eigenvalue weighted by Crippen LogP contribution is -2.23. The van der Waals surface area contributed by atoms with Gasteiger partial charge in [0.05, 0.1) is 5.69 Å². The summed E-state index contributed by atoms with van der Waals surface area (Å²) in [5.41, 5.74) is 1.33. The van der Waals surface area contributed by atoms with Crippen LogP contribution in [0.1, 0.15) is 11.7 Å². The van der Waals surface area contributed by atoms with Crippen molar-refractivity contribution in [3.63, 3.8) is 0 Å². The van der Waals surface area contributed by atoms with Gasteiger partial charge in [0.2, 0.25) is 0 Å². The number of carbonyl (C=O) groups is 1. The average molecular weight is 385 g/mol. The van der Waals surface area contributed by atoms with Crippen molar-refractivity contribution >= 4 is 34.2 Å². The Morgan fingerprint density at radius 1 is 1.25 bits per heavy atom. The van der Waals surface area contributed by atoms with Crippen LogP contribution in [0.2, 0.25) is 0 Å². The molecule has 0 spiro atoms. The van der Waals surface area contributed by atoms with Gasteiger partial charge < -0.3 is 10.1 Å². The predicted octanol–water partition coefficient (Wildman–Crippen LogP) is 3.76. The van der Waals surface area contributed by atoms with E-state index in [0.717, 1.165) is 5.56 Å².